The fraction of sp³-hybridized carbons (Fsp3) is 0.143. The van der Waals surface area contributed by atoms with Crippen molar-refractivity contribution < 1.29 is 9.53 Å². The maximum atomic E-state index is 10.5. The monoisotopic (exact) mass is 182 g/mol. The zero-order valence-electron chi connectivity index (χ0n) is 6.35. The first-order chi connectivity index (χ1) is 5.75. The summed E-state index contributed by atoms with van der Waals surface area (Å²) in [6.07, 6.45) is 3.53. The van der Waals surface area contributed by atoms with Gasteiger partial charge in [-0.3, -0.25) is 9.20 Å². The number of aromatic nitrogens is 2. The van der Waals surface area contributed by atoms with Crippen LogP contribution in [0.1, 0.15) is 6.92 Å². The molecule has 62 valence electrons. The van der Waals surface area contributed by atoms with E-state index in [0.29, 0.717) is 5.88 Å². The van der Waals surface area contributed by atoms with Gasteiger partial charge in [0.2, 0.25) is 5.88 Å². The lowest BCUT2D eigenvalue weighted by molar-refractivity contribution is -0.132. The largest absolute Gasteiger partial charge is 0.406 e. The molecule has 0 radical (unpaired) electrons. The highest BCUT2D eigenvalue weighted by Crippen LogP contribution is 2.16. The molecule has 0 saturated heterocycles. The lowest BCUT2D eigenvalue weighted by atomic mass is 10.7. The van der Waals surface area contributed by atoms with Gasteiger partial charge in [0.25, 0.3) is 0 Å². The van der Waals surface area contributed by atoms with Crippen LogP contribution in [-0.2, 0) is 4.79 Å². The predicted octanol–water partition coefficient (Wildman–Crippen LogP) is 1.32. The van der Waals surface area contributed by atoms with Gasteiger partial charge in [-0.2, -0.15) is 4.98 Å². The van der Waals surface area contributed by atoms with Gasteiger partial charge >= 0.3 is 5.97 Å². The first kappa shape index (κ1) is 7.30. The Morgan fingerprint density at radius 3 is 3.25 bits per heavy atom. The zero-order chi connectivity index (χ0) is 8.55. The third-order valence-corrected chi connectivity index (χ3v) is 2.09. The zero-order valence-corrected chi connectivity index (χ0v) is 7.17. The van der Waals surface area contributed by atoms with Gasteiger partial charge in [-0.05, 0) is 0 Å². The summed E-state index contributed by atoms with van der Waals surface area (Å²) in [4.78, 5) is 15.4. The smallest absolute Gasteiger partial charge is 0.309 e. The van der Waals surface area contributed by atoms with Gasteiger partial charge in [-0.1, -0.05) is 0 Å². The van der Waals surface area contributed by atoms with Crippen molar-refractivity contribution in [2.24, 2.45) is 0 Å². The molecule has 0 bridgehead atoms. The number of fused-ring (bicyclic) bond motifs is 1. The minimum Gasteiger partial charge on any atom is -0.406 e. The minimum absolute atomic E-state index is 0.347. The van der Waals surface area contributed by atoms with E-state index in [9.17, 15) is 4.79 Å². The lowest BCUT2D eigenvalue weighted by Gasteiger charge is -1.91. The van der Waals surface area contributed by atoms with Crippen LogP contribution in [0.25, 0.3) is 4.96 Å². The summed E-state index contributed by atoms with van der Waals surface area (Å²) in [5.74, 6) is 0.00935. The highest BCUT2D eigenvalue weighted by Gasteiger charge is 2.04. The molecule has 0 fully saturated rings. The molecule has 2 rings (SSSR count). The van der Waals surface area contributed by atoms with Gasteiger partial charge in [0.15, 0.2) is 4.96 Å². The van der Waals surface area contributed by atoms with E-state index in [-0.39, 0.29) is 5.97 Å². The van der Waals surface area contributed by atoms with Gasteiger partial charge < -0.3 is 4.74 Å². The van der Waals surface area contributed by atoms with Crippen LogP contribution < -0.4 is 4.74 Å². The highest BCUT2D eigenvalue weighted by atomic mass is 32.1. The summed E-state index contributed by atoms with van der Waals surface area (Å²) in [5.41, 5.74) is 0. The lowest BCUT2D eigenvalue weighted by Crippen LogP contribution is -2.00. The Morgan fingerprint density at radius 1 is 1.75 bits per heavy atom. The maximum Gasteiger partial charge on any atom is 0.309 e. The third kappa shape index (κ3) is 1.18. The molecule has 0 amide bonds. The Kier molecular flexibility index (Phi) is 1.58. The van der Waals surface area contributed by atoms with E-state index in [1.54, 1.807) is 6.20 Å². The molecule has 12 heavy (non-hydrogen) atoms. The second kappa shape index (κ2) is 2.60. The summed E-state index contributed by atoms with van der Waals surface area (Å²) in [5, 5.41) is 1.92. The van der Waals surface area contributed by atoms with Crippen LogP contribution in [0.5, 0.6) is 5.88 Å². The Hall–Kier alpha value is -1.36. The van der Waals surface area contributed by atoms with E-state index in [0.717, 1.165) is 4.96 Å². The molecule has 0 aliphatic heterocycles. The van der Waals surface area contributed by atoms with E-state index in [1.807, 2.05) is 16.0 Å². The van der Waals surface area contributed by atoms with Crippen LogP contribution in [-0.4, -0.2) is 15.4 Å². The van der Waals surface area contributed by atoms with Crippen molar-refractivity contribution in [3.63, 3.8) is 0 Å². The number of hydrogen-bond donors (Lipinski definition) is 0. The summed E-state index contributed by atoms with van der Waals surface area (Å²) in [6.45, 7) is 1.35. The molecule has 0 saturated carbocycles. The number of carbonyl (C=O) groups is 1. The molecule has 4 nitrogen and oxygen atoms in total. The second-order valence-electron chi connectivity index (χ2n) is 2.27. The van der Waals surface area contributed by atoms with Crippen molar-refractivity contribution in [2.75, 3.05) is 0 Å². The Balaban J connectivity index is 2.38. The van der Waals surface area contributed by atoms with E-state index >= 15 is 0 Å². The van der Waals surface area contributed by atoms with Crippen molar-refractivity contribution in [1.29, 1.82) is 0 Å². The molecule has 5 heteroatoms. The van der Waals surface area contributed by atoms with E-state index in [1.165, 1.54) is 18.3 Å². The van der Waals surface area contributed by atoms with Crippen LogP contribution >= 0.6 is 11.3 Å². The topological polar surface area (TPSA) is 43.6 Å². The molecule has 0 unspecified atom stereocenters. The molecule has 0 N–H and O–H groups in total. The van der Waals surface area contributed by atoms with Crippen LogP contribution in [0.2, 0.25) is 0 Å². The Morgan fingerprint density at radius 2 is 2.58 bits per heavy atom. The van der Waals surface area contributed by atoms with Crippen molar-refractivity contribution in [3.8, 4) is 5.88 Å². The quantitative estimate of drug-likeness (QED) is 0.625. The molecule has 2 aromatic rings. The predicted molar refractivity (Wildman–Crippen MR) is 44.4 cm³/mol. The molecule has 0 spiro atoms. The van der Waals surface area contributed by atoms with Gasteiger partial charge in [-0.25, -0.2) is 0 Å². The number of thiazole rings is 1. The number of ether oxygens (including phenoxy) is 1. The number of imidazole rings is 1. The fourth-order valence-electron chi connectivity index (χ4n) is 0.902. The van der Waals surface area contributed by atoms with Gasteiger partial charge in [-0.15, -0.1) is 11.3 Å². The van der Waals surface area contributed by atoms with Gasteiger partial charge in [0.1, 0.15) is 0 Å². The Bertz CT molecular complexity index is 389. The van der Waals surface area contributed by atoms with Gasteiger partial charge in [0, 0.05) is 18.5 Å². The third-order valence-electron chi connectivity index (χ3n) is 1.32. The number of esters is 1. The minimum atomic E-state index is -0.347. The average molecular weight is 182 g/mol. The molecule has 0 aliphatic rings. The van der Waals surface area contributed by atoms with Crippen molar-refractivity contribution in [1.82, 2.24) is 9.38 Å². The molecule has 2 heterocycles. The molecule has 2 aromatic heterocycles. The van der Waals surface area contributed by atoms with E-state index in [4.69, 9.17) is 4.74 Å². The Labute approximate surface area is 72.4 Å². The number of hydrogen-bond acceptors (Lipinski definition) is 4. The number of nitrogens with zero attached hydrogens (tertiary/aromatic N) is 2. The van der Waals surface area contributed by atoms with Crippen LogP contribution in [0.3, 0.4) is 0 Å². The maximum absolute atomic E-state index is 10.5. The van der Waals surface area contributed by atoms with Crippen LogP contribution in [0.4, 0.5) is 0 Å². The summed E-state index contributed by atoms with van der Waals surface area (Å²) in [7, 11) is 0. The fourth-order valence-corrected chi connectivity index (χ4v) is 1.59. The summed E-state index contributed by atoms with van der Waals surface area (Å²) in [6, 6.07) is 0. The van der Waals surface area contributed by atoms with E-state index < -0.39 is 0 Å². The standard InChI is InChI=1S/C7H6N2O2S/c1-5(10)11-6-4-9-2-3-12-7(9)8-6/h2-4H,1H3. The first-order valence-electron chi connectivity index (χ1n) is 3.36. The summed E-state index contributed by atoms with van der Waals surface area (Å²) < 4.78 is 6.60. The number of carbonyl (C=O) groups excluding carboxylic acids is 1. The van der Waals surface area contributed by atoms with Crippen molar-refractivity contribution in [2.45, 2.75) is 6.92 Å². The highest BCUT2D eigenvalue weighted by molar-refractivity contribution is 7.15. The van der Waals surface area contributed by atoms with Gasteiger partial charge in [0.05, 0.1) is 6.20 Å². The molecular weight excluding hydrogens is 176 g/mol. The second-order valence-corrected chi connectivity index (χ2v) is 3.14. The molecule has 0 atom stereocenters. The van der Waals surface area contributed by atoms with Crippen molar-refractivity contribution >= 4 is 22.3 Å². The molecule has 0 aliphatic carbocycles. The van der Waals surface area contributed by atoms with Crippen LogP contribution in [0, 0.1) is 0 Å². The van der Waals surface area contributed by atoms with E-state index in [2.05, 4.69) is 4.98 Å². The first-order valence-corrected chi connectivity index (χ1v) is 4.24. The summed E-state index contributed by atoms with van der Waals surface area (Å²) >= 11 is 1.50. The SMILES string of the molecule is CC(=O)Oc1cn2ccsc2n1. The molecule has 0 aromatic carbocycles. The van der Waals surface area contributed by atoms with Crippen LogP contribution in [0.15, 0.2) is 17.8 Å². The van der Waals surface area contributed by atoms with Crippen molar-refractivity contribution in [3.05, 3.63) is 17.8 Å². The average Bonchev–Trinajstić information content (AvgIpc) is 2.43. The normalized spacial score (nSPS) is 10.4. The number of rotatable bonds is 1. The molecular formula is C7H6N2O2S.